The maximum absolute atomic E-state index is 6.17. The van der Waals surface area contributed by atoms with Crippen molar-refractivity contribution in [2.75, 3.05) is 26.1 Å². The van der Waals surface area contributed by atoms with E-state index in [2.05, 4.69) is 19.2 Å². The molecule has 1 N–H and O–H groups in total. The van der Waals surface area contributed by atoms with Crippen LogP contribution < -0.4 is 5.32 Å². The van der Waals surface area contributed by atoms with Gasteiger partial charge in [0.15, 0.2) is 0 Å². The molecule has 1 rings (SSSR count). The maximum atomic E-state index is 6.17. The Morgan fingerprint density at radius 3 is 2.41 bits per heavy atom. The van der Waals surface area contributed by atoms with Crippen molar-refractivity contribution in [2.45, 2.75) is 58.0 Å². The van der Waals surface area contributed by atoms with E-state index in [1.165, 1.54) is 32.1 Å². The van der Waals surface area contributed by atoms with Crippen molar-refractivity contribution in [3.05, 3.63) is 0 Å². The van der Waals surface area contributed by atoms with Crippen LogP contribution in [0.3, 0.4) is 0 Å². The van der Waals surface area contributed by atoms with Crippen molar-refractivity contribution in [3.8, 4) is 0 Å². The molecule has 1 aliphatic carbocycles. The zero-order chi connectivity index (χ0) is 12.8. The van der Waals surface area contributed by atoms with Gasteiger partial charge < -0.3 is 10.1 Å². The average Bonchev–Trinajstić information content (AvgIpc) is 2.36. The fourth-order valence-corrected chi connectivity index (χ4v) is 2.87. The van der Waals surface area contributed by atoms with Gasteiger partial charge in [0.05, 0.1) is 5.60 Å². The highest BCUT2D eigenvalue weighted by atomic mass is 35.5. The van der Waals surface area contributed by atoms with E-state index in [1.54, 1.807) is 7.11 Å². The Bertz CT molecular complexity index is 212. The highest BCUT2D eigenvalue weighted by Crippen LogP contribution is 2.36. The molecule has 1 saturated carbocycles. The second-order valence-electron chi connectivity index (χ2n) is 6.08. The standard InChI is InChI=1S/C14H28ClNO/c1-13(2,17-3)9-10-16-12-14(11-15)7-5-4-6-8-14/h16H,4-12H2,1-3H3. The van der Waals surface area contributed by atoms with Crippen molar-refractivity contribution in [1.29, 1.82) is 0 Å². The smallest absolute Gasteiger partial charge is 0.0634 e. The van der Waals surface area contributed by atoms with Crippen molar-refractivity contribution in [3.63, 3.8) is 0 Å². The Labute approximate surface area is 111 Å². The molecule has 0 spiro atoms. The van der Waals surface area contributed by atoms with Crippen LogP contribution in [0, 0.1) is 5.41 Å². The SMILES string of the molecule is COC(C)(C)CCNCC1(CCl)CCCCC1. The maximum Gasteiger partial charge on any atom is 0.0634 e. The molecule has 0 saturated heterocycles. The van der Waals surface area contributed by atoms with Gasteiger partial charge in [-0.25, -0.2) is 0 Å². The van der Waals surface area contributed by atoms with E-state index in [0.29, 0.717) is 5.41 Å². The van der Waals surface area contributed by atoms with Gasteiger partial charge in [0.1, 0.15) is 0 Å². The largest absolute Gasteiger partial charge is 0.379 e. The van der Waals surface area contributed by atoms with Crippen LogP contribution in [0.2, 0.25) is 0 Å². The molecule has 102 valence electrons. The van der Waals surface area contributed by atoms with Crippen LogP contribution in [-0.4, -0.2) is 31.7 Å². The molecule has 0 atom stereocenters. The van der Waals surface area contributed by atoms with E-state index in [4.69, 9.17) is 16.3 Å². The van der Waals surface area contributed by atoms with Gasteiger partial charge in [-0.1, -0.05) is 19.3 Å². The van der Waals surface area contributed by atoms with Gasteiger partial charge in [0.25, 0.3) is 0 Å². The van der Waals surface area contributed by atoms with E-state index in [1.807, 2.05) is 0 Å². The van der Waals surface area contributed by atoms with E-state index in [9.17, 15) is 0 Å². The van der Waals surface area contributed by atoms with Crippen LogP contribution in [0.5, 0.6) is 0 Å². The van der Waals surface area contributed by atoms with Crippen molar-refractivity contribution in [1.82, 2.24) is 5.32 Å². The lowest BCUT2D eigenvalue weighted by atomic mass is 9.75. The van der Waals surface area contributed by atoms with Gasteiger partial charge in [-0.3, -0.25) is 0 Å². The quantitative estimate of drug-likeness (QED) is 0.559. The van der Waals surface area contributed by atoms with Gasteiger partial charge in [0.2, 0.25) is 0 Å². The third-order valence-electron chi connectivity index (χ3n) is 4.15. The summed E-state index contributed by atoms with van der Waals surface area (Å²) in [4.78, 5) is 0. The fourth-order valence-electron chi connectivity index (χ4n) is 2.50. The first kappa shape index (κ1) is 15.3. The molecule has 2 nitrogen and oxygen atoms in total. The number of rotatable bonds is 7. The van der Waals surface area contributed by atoms with Crippen molar-refractivity contribution in [2.24, 2.45) is 5.41 Å². The Kier molecular flexibility index (Phi) is 6.25. The third-order valence-corrected chi connectivity index (χ3v) is 4.72. The molecule has 0 aliphatic heterocycles. The van der Waals surface area contributed by atoms with Crippen LogP contribution in [0.25, 0.3) is 0 Å². The molecule has 0 radical (unpaired) electrons. The molecular formula is C14H28ClNO. The lowest BCUT2D eigenvalue weighted by molar-refractivity contribution is 0.0152. The summed E-state index contributed by atoms with van der Waals surface area (Å²) >= 11 is 6.17. The monoisotopic (exact) mass is 261 g/mol. The Morgan fingerprint density at radius 2 is 1.88 bits per heavy atom. The molecule has 0 unspecified atom stereocenters. The average molecular weight is 262 g/mol. The fraction of sp³-hybridized carbons (Fsp3) is 1.00. The summed E-state index contributed by atoms with van der Waals surface area (Å²) in [5.74, 6) is 0.799. The summed E-state index contributed by atoms with van der Waals surface area (Å²) in [6, 6.07) is 0. The van der Waals surface area contributed by atoms with E-state index in [-0.39, 0.29) is 5.60 Å². The molecule has 0 aromatic rings. The summed E-state index contributed by atoms with van der Waals surface area (Å²) in [6.45, 7) is 6.34. The van der Waals surface area contributed by atoms with Crippen LogP contribution in [0.15, 0.2) is 0 Å². The van der Waals surface area contributed by atoms with E-state index >= 15 is 0 Å². The number of halogens is 1. The molecule has 0 amide bonds. The minimum Gasteiger partial charge on any atom is -0.379 e. The molecular weight excluding hydrogens is 234 g/mol. The Hall–Kier alpha value is 0.210. The zero-order valence-electron chi connectivity index (χ0n) is 11.7. The predicted octanol–water partition coefficient (Wildman–Crippen LogP) is 3.58. The Morgan fingerprint density at radius 1 is 1.24 bits per heavy atom. The number of hydrogen-bond acceptors (Lipinski definition) is 2. The van der Waals surface area contributed by atoms with E-state index < -0.39 is 0 Å². The zero-order valence-corrected chi connectivity index (χ0v) is 12.4. The lowest BCUT2D eigenvalue weighted by Crippen LogP contribution is -2.39. The number of hydrogen-bond donors (Lipinski definition) is 1. The summed E-state index contributed by atoms with van der Waals surface area (Å²) in [5, 5.41) is 3.57. The molecule has 17 heavy (non-hydrogen) atoms. The highest BCUT2D eigenvalue weighted by molar-refractivity contribution is 6.18. The normalized spacial score (nSPS) is 20.5. The molecule has 1 aliphatic rings. The van der Waals surface area contributed by atoms with Gasteiger partial charge >= 0.3 is 0 Å². The third kappa shape index (κ3) is 5.15. The molecule has 1 fully saturated rings. The molecule has 0 bridgehead atoms. The molecule has 3 heteroatoms. The van der Waals surface area contributed by atoms with Gasteiger partial charge in [-0.2, -0.15) is 0 Å². The summed E-state index contributed by atoms with van der Waals surface area (Å²) in [6.07, 6.45) is 7.70. The first-order chi connectivity index (χ1) is 8.04. The second kappa shape index (κ2) is 6.96. The highest BCUT2D eigenvalue weighted by Gasteiger charge is 2.30. The Balaban J connectivity index is 2.24. The minimum atomic E-state index is -0.0201. The first-order valence-electron chi connectivity index (χ1n) is 6.85. The minimum absolute atomic E-state index is 0.0201. The molecule has 0 aromatic heterocycles. The number of ether oxygens (including phenoxy) is 1. The summed E-state index contributed by atoms with van der Waals surface area (Å²) in [5.41, 5.74) is 0.338. The van der Waals surface area contributed by atoms with Gasteiger partial charge in [-0.05, 0) is 45.1 Å². The van der Waals surface area contributed by atoms with Crippen LogP contribution in [0.1, 0.15) is 52.4 Å². The summed E-state index contributed by atoms with van der Waals surface area (Å²) in [7, 11) is 1.78. The van der Waals surface area contributed by atoms with Crippen LogP contribution in [0.4, 0.5) is 0 Å². The number of methoxy groups -OCH3 is 1. The first-order valence-corrected chi connectivity index (χ1v) is 7.39. The number of alkyl halides is 1. The van der Waals surface area contributed by atoms with Crippen molar-refractivity contribution >= 4 is 11.6 Å². The van der Waals surface area contributed by atoms with Gasteiger partial charge in [0, 0.05) is 19.5 Å². The summed E-state index contributed by atoms with van der Waals surface area (Å²) < 4.78 is 5.42. The lowest BCUT2D eigenvalue weighted by Gasteiger charge is -2.36. The van der Waals surface area contributed by atoms with Crippen LogP contribution >= 0.6 is 11.6 Å². The van der Waals surface area contributed by atoms with Crippen molar-refractivity contribution < 1.29 is 4.74 Å². The van der Waals surface area contributed by atoms with E-state index in [0.717, 1.165) is 25.4 Å². The second-order valence-corrected chi connectivity index (χ2v) is 6.35. The molecule has 0 aromatic carbocycles. The topological polar surface area (TPSA) is 21.3 Å². The van der Waals surface area contributed by atoms with Crippen LogP contribution in [-0.2, 0) is 4.74 Å². The number of nitrogens with one attached hydrogen (secondary N) is 1. The van der Waals surface area contributed by atoms with Gasteiger partial charge in [-0.15, -0.1) is 11.6 Å². The molecule has 0 heterocycles. The predicted molar refractivity (Wildman–Crippen MR) is 74.8 cm³/mol.